The Labute approximate surface area is 178 Å². The molecule has 3 rings (SSSR count). The average Bonchev–Trinajstić information content (AvgIpc) is 2.76. The quantitative estimate of drug-likeness (QED) is 0.508. The van der Waals surface area contributed by atoms with Gasteiger partial charge < -0.3 is 15.4 Å². The molecule has 1 aromatic carbocycles. The summed E-state index contributed by atoms with van der Waals surface area (Å²) in [6, 6.07) is 5.79. The lowest BCUT2D eigenvalue weighted by Gasteiger charge is -2.14. The zero-order valence-electron chi connectivity index (χ0n) is 16.6. The van der Waals surface area contributed by atoms with Gasteiger partial charge in [-0.1, -0.05) is 24.9 Å². The molecule has 0 radical (unpaired) electrons. The smallest absolute Gasteiger partial charge is 0.254 e. The van der Waals surface area contributed by atoms with Gasteiger partial charge in [-0.25, -0.2) is 14.4 Å². The van der Waals surface area contributed by atoms with Crippen LogP contribution in [-0.4, -0.2) is 34.5 Å². The Hall–Kier alpha value is -3.26. The van der Waals surface area contributed by atoms with E-state index in [2.05, 4.69) is 25.6 Å². The largest absolute Gasteiger partial charge is 0.491 e. The molecule has 0 saturated carbocycles. The van der Waals surface area contributed by atoms with E-state index in [1.807, 2.05) is 6.92 Å². The maximum atomic E-state index is 14.3. The second kappa shape index (κ2) is 9.98. The van der Waals surface area contributed by atoms with Crippen LogP contribution in [0.2, 0.25) is 5.02 Å². The fraction of sp³-hybridized carbons (Fsp3) is 0.238. The lowest BCUT2D eigenvalue weighted by atomic mass is 10.2. The fourth-order valence-corrected chi connectivity index (χ4v) is 2.87. The van der Waals surface area contributed by atoms with Crippen molar-refractivity contribution in [3.63, 3.8) is 0 Å². The Balaban J connectivity index is 1.95. The van der Waals surface area contributed by atoms with Crippen LogP contribution in [0.3, 0.4) is 0 Å². The van der Waals surface area contributed by atoms with Gasteiger partial charge in [-0.2, -0.15) is 0 Å². The monoisotopic (exact) mass is 429 g/mol. The molecule has 3 aromatic rings. The summed E-state index contributed by atoms with van der Waals surface area (Å²) in [5.74, 6) is -0.0315. The van der Waals surface area contributed by atoms with Gasteiger partial charge in [0.1, 0.15) is 5.82 Å². The number of benzene rings is 1. The summed E-state index contributed by atoms with van der Waals surface area (Å²) in [4.78, 5) is 25.1. The molecule has 156 valence electrons. The Kier molecular flexibility index (Phi) is 7.13. The van der Waals surface area contributed by atoms with Gasteiger partial charge in [-0.05, 0) is 30.7 Å². The van der Waals surface area contributed by atoms with Crippen LogP contribution in [0.4, 0.5) is 15.9 Å². The Bertz CT molecular complexity index is 1050. The van der Waals surface area contributed by atoms with E-state index in [-0.39, 0.29) is 23.1 Å². The Morgan fingerprint density at radius 2 is 2.10 bits per heavy atom. The molecule has 2 heterocycles. The topological polar surface area (TPSA) is 89.0 Å². The number of hydrogen-bond acceptors (Lipinski definition) is 6. The predicted molar refractivity (Wildman–Crippen MR) is 114 cm³/mol. The number of amides is 1. The van der Waals surface area contributed by atoms with Crippen molar-refractivity contribution in [1.29, 1.82) is 0 Å². The zero-order valence-corrected chi connectivity index (χ0v) is 17.3. The number of nitrogens with one attached hydrogen (secondary N) is 2. The molecular weight excluding hydrogens is 409 g/mol. The number of ether oxygens (including phenoxy) is 1. The molecule has 30 heavy (non-hydrogen) atoms. The molecule has 0 saturated heterocycles. The number of aromatic nitrogens is 3. The van der Waals surface area contributed by atoms with Crippen LogP contribution in [0, 0.1) is 5.82 Å². The first-order valence-corrected chi connectivity index (χ1v) is 9.77. The van der Waals surface area contributed by atoms with Crippen LogP contribution in [0.1, 0.15) is 30.1 Å². The summed E-state index contributed by atoms with van der Waals surface area (Å²) < 4.78 is 19.6. The SMILES string of the molecule is CCCCNC(=O)c1cnccc1Nc1nc(-c2cc(Cl)ccc2F)ncc1OC. The van der Waals surface area contributed by atoms with E-state index in [0.717, 1.165) is 12.8 Å². The first-order chi connectivity index (χ1) is 14.5. The molecule has 0 spiro atoms. The van der Waals surface area contributed by atoms with Gasteiger partial charge in [0.25, 0.3) is 5.91 Å². The predicted octanol–water partition coefficient (Wildman–Crippen LogP) is 4.61. The average molecular weight is 430 g/mol. The third-order valence-electron chi connectivity index (χ3n) is 4.28. The second-order valence-corrected chi connectivity index (χ2v) is 6.83. The minimum atomic E-state index is -0.504. The third kappa shape index (κ3) is 5.01. The Morgan fingerprint density at radius 3 is 2.87 bits per heavy atom. The fourth-order valence-electron chi connectivity index (χ4n) is 2.69. The lowest BCUT2D eigenvalue weighted by molar-refractivity contribution is 0.0953. The number of nitrogens with zero attached hydrogens (tertiary/aromatic N) is 3. The van der Waals surface area contributed by atoms with Crippen LogP contribution in [0.15, 0.2) is 42.9 Å². The highest BCUT2D eigenvalue weighted by molar-refractivity contribution is 6.30. The van der Waals surface area contributed by atoms with Crippen LogP contribution >= 0.6 is 11.6 Å². The number of methoxy groups -OCH3 is 1. The molecule has 7 nitrogen and oxygen atoms in total. The molecule has 1 amide bonds. The summed E-state index contributed by atoms with van der Waals surface area (Å²) >= 11 is 5.99. The molecule has 0 unspecified atom stereocenters. The van der Waals surface area contributed by atoms with Crippen molar-refractivity contribution in [2.75, 3.05) is 19.0 Å². The molecule has 2 aromatic heterocycles. The van der Waals surface area contributed by atoms with Crippen molar-refractivity contribution in [2.24, 2.45) is 0 Å². The molecular formula is C21H21ClFN5O2. The summed E-state index contributed by atoms with van der Waals surface area (Å²) in [5, 5.41) is 6.30. The van der Waals surface area contributed by atoms with Gasteiger partial charge in [0.05, 0.1) is 30.1 Å². The van der Waals surface area contributed by atoms with Gasteiger partial charge >= 0.3 is 0 Å². The van der Waals surface area contributed by atoms with Crippen LogP contribution in [0.25, 0.3) is 11.4 Å². The lowest BCUT2D eigenvalue weighted by Crippen LogP contribution is -2.25. The van der Waals surface area contributed by atoms with Gasteiger partial charge in [-0.3, -0.25) is 9.78 Å². The van der Waals surface area contributed by atoms with Crippen molar-refractivity contribution in [3.05, 3.63) is 59.3 Å². The first kappa shape index (κ1) is 21.4. The number of carbonyl (C=O) groups is 1. The molecule has 9 heteroatoms. The van der Waals surface area contributed by atoms with E-state index in [4.69, 9.17) is 16.3 Å². The van der Waals surface area contributed by atoms with Crippen molar-refractivity contribution in [2.45, 2.75) is 19.8 Å². The Morgan fingerprint density at radius 1 is 1.27 bits per heavy atom. The summed E-state index contributed by atoms with van der Waals surface area (Å²) in [5.41, 5.74) is 0.985. The van der Waals surface area contributed by atoms with Gasteiger partial charge in [0.15, 0.2) is 17.4 Å². The maximum absolute atomic E-state index is 14.3. The minimum Gasteiger partial charge on any atom is -0.491 e. The van der Waals surface area contributed by atoms with E-state index in [0.29, 0.717) is 28.6 Å². The molecule has 0 bridgehead atoms. The zero-order chi connectivity index (χ0) is 21.5. The molecule has 0 aliphatic heterocycles. The normalized spacial score (nSPS) is 10.5. The van der Waals surface area contributed by atoms with E-state index < -0.39 is 5.82 Å². The first-order valence-electron chi connectivity index (χ1n) is 9.39. The van der Waals surface area contributed by atoms with E-state index in [1.54, 1.807) is 12.3 Å². The van der Waals surface area contributed by atoms with E-state index >= 15 is 0 Å². The van der Waals surface area contributed by atoms with Gasteiger partial charge in [-0.15, -0.1) is 0 Å². The number of anilines is 2. The molecule has 2 N–H and O–H groups in total. The highest BCUT2D eigenvalue weighted by Crippen LogP contribution is 2.30. The highest BCUT2D eigenvalue weighted by atomic mass is 35.5. The maximum Gasteiger partial charge on any atom is 0.254 e. The number of rotatable bonds is 8. The van der Waals surface area contributed by atoms with E-state index in [1.165, 1.54) is 37.7 Å². The number of halogens is 2. The van der Waals surface area contributed by atoms with Crippen molar-refractivity contribution < 1.29 is 13.9 Å². The standard InChI is InChI=1S/C21H21ClFN5O2/c1-3-4-8-25-21(29)15-11-24-9-7-17(15)27-20-18(30-2)12-26-19(28-20)14-10-13(22)5-6-16(14)23/h5-7,9-12H,3-4,8H2,1-2H3,(H,25,29)(H,24,26,27,28). The van der Waals surface area contributed by atoms with Crippen molar-refractivity contribution in [1.82, 2.24) is 20.3 Å². The van der Waals surface area contributed by atoms with Crippen LogP contribution in [-0.2, 0) is 0 Å². The summed E-state index contributed by atoms with van der Waals surface area (Å²) in [7, 11) is 1.47. The van der Waals surface area contributed by atoms with Crippen LogP contribution in [0.5, 0.6) is 5.75 Å². The van der Waals surface area contributed by atoms with Gasteiger partial charge in [0, 0.05) is 24.0 Å². The number of carbonyl (C=O) groups excluding carboxylic acids is 1. The van der Waals surface area contributed by atoms with Gasteiger partial charge in [0.2, 0.25) is 0 Å². The number of pyridine rings is 1. The van der Waals surface area contributed by atoms with Crippen molar-refractivity contribution >= 4 is 29.0 Å². The molecule has 0 aliphatic carbocycles. The van der Waals surface area contributed by atoms with Crippen molar-refractivity contribution in [3.8, 4) is 17.1 Å². The third-order valence-corrected chi connectivity index (χ3v) is 4.51. The minimum absolute atomic E-state index is 0.126. The second-order valence-electron chi connectivity index (χ2n) is 6.39. The molecule has 0 atom stereocenters. The molecule has 0 fully saturated rings. The van der Waals surface area contributed by atoms with E-state index in [9.17, 15) is 9.18 Å². The highest BCUT2D eigenvalue weighted by Gasteiger charge is 2.16. The number of unbranched alkanes of at least 4 members (excludes halogenated alkanes) is 1. The number of hydrogen-bond donors (Lipinski definition) is 2. The van der Waals surface area contributed by atoms with Crippen LogP contribution < -0.4 is 15.4 Å². The summed E-state index contributed by atoms with van der Waals surface area (Å²) in [6.45, 7) is 2.61. The molecule has 0 aliphatic rings. The summed E-state index contributed by atoms with van der Waals surface area (Å²) in [6.07, 6.45) is 6.29.